The van der Waals surface area contributed by atoms with Crippen LogP contribution in [0.5, 0.6) is 0 Å². The maximum Gasteiger partial charge on any atom is 0.205 e. The van der Waals surface area contributed by atoms with Gasteiger partial charge in [0, 0.05) is 10.8 Å². The van der Waals surface area contributed by atoms with Crippen molar-refractivity contribution in [2.24, 2.45) is 0 Å². The molecule has 3 rings (SSSR count). The van der Waals surface area contributed by atoms with E-state index >= 15 is 0 Å². The lowest BCUT2D eigenvalue weighted by atomic mass is 9.97. The summed E-state index contributed by atoms with van der Waals surface area (Å²) in [7, 11) is 0. The highest BCUT2D eigenvalue weighted by Crippen LogP contribution is 2.22. The SMILES string of the molecule is N#CC1=c2ccccc2=C2C=C(O)C=CC2O1. The summed E-state index contributed by atoms with van der Waals surface area (Å²) in [5.41, 5.74) is 0.889. The molecule has 0 amide bonds. The summed E-state index contributed by atoms with van der Waals surface area (Å²) in [5, 5.41) is 20.3. The van der Waals surface area contributed by atoms with Crippen LogP contribution in [0.1, 0.15) is 0 Å². The number of nitrogens with zero attached hydrogens (tertiary/aromatic N) is 1. The minimum absolute atomic E-state index is 0.204. The van der Waals surface area contributed by atoms with Crippen LogP contribution in [0.2, 0.25) is 0 Å². The highest BCUT2D eigenvalue weighted by molar-refractivity contribution is 5.72. The quantitative estimate of drug-likeness (QED) is 0.710. The summed E-state index contributed by atoms with van der Waals surface area (Å²) >= 11 is 0. The lowest BCUT2D eigenvalue weighted by molar-refractivity contribution is 0.258. The fraction of sp³-hybridized carbons (Fsp3) is 0.0714. The molecule has 1 aromatic carbocycles. The van der Waals surface area contributed by atoms with Crippen molar-refractivity contribution in [2.75, 3.05) is 0 Å². The zero-order chi connectivity index (χ0) is 11.8. The molecule has 1 N–H and O–H groups in total. The maximum absolute atomic E-state index is 9.52. The summed E-state index contributed by atoms with van der Waals surface area (Å²) in [6.45, 7) is 0. The summed E-state index contributed by atoms with van der Waals surface area (Å²) in [5.74, 6) is 0.531. The van der Waals surface area contributed by atoms with Gasteiger partial charge in [-0.1, -0.05) is 18.2 Å². The van der Waals surface area contributed by atoms with Crippen molar-refractivity contribution in [3.63, 3.8) is 0 Å². The normalized spacial score (nSPS) is 20.9. The second-order valence-electron chi connectivity index (χ2n) is 3.91. The van der Waals surface area contributed by atoms with Crippen LogP contribution in [-0.4, -0.2) is 11.2 Å². The molecule has 2 aliphatic rings. The standard InChI is InChI=1S/C14H9NO2/c15-8-14-11-4-2-1-3-10(11)12-7-9(16)5-6-13(12)17-14/h1-7,13,16H. The van der Waals surface area contributed by atoms with Crippen molar-refractivity contribution in [2.45, 2.75) is 6.10 Å². The van der Waals surface area contributed by atoms with Gasteiger partial charge in [0.1, 0.15) is 17.9 Å². The number of nitriles is 1. The van der Waals surface area contributed by atoms with E-state index in [-0.39, 0.29) is 11.9 Å². The number of aliphatic hydroxyl groups excluding tert-OH is 1. The molecule has 0 fully saturated rings. The number of benzene rings is 1. The molecule has 0 bridgehead atoms. The van der Waals surface area contributed by atoms with Gasteiger partial charge < -0.3 is 9.84 Å². The second kappa shape index (κ2) is 3.53. The fourth-order valence-corrected chi connectivity index (χ4v) is 2.12. The van der Waals surface area contributed by atoms with Gasteiger partial charge in [-0.2, -0.15) is 5.26 Å². The van der Waals surface area contributed by atoms with Crippen LogP contribution in [0, 0.1) is 11.3 Å². The van der Waals surface area contributed by atoms with Crippen LogP contribution in [0.25, 0.3) is 11.3 Å². The minimum Gasteiger partial charge on any atom is -0.508 e. The van der Waals surface area contributed by atoms with Crippen molar-refractivity contribution >= 4 is 11.3 Å². The van der Waals surface area contributed by atoms with Crippen LogP contribution < -0.4 is 10.4 Å². The number of rotatable bonds is 0. The molecular weight excluding hydrogens is 214 g/mol. The Morgan fingerprint density at radius 1 is 1.24 bits per heavy atom. The zero-order valence-electron chi connectivity index (χ0n) is 8.92. The molecule has 0 radical (unpaired) electrons. The van der Waals surface area contributed by atoms with Gasteiger partial charge in [0.05, 0.1) is 0 Å². The predicted molar refractivity (Wildman–Crippen MR) is 62.8 cm³/mol. The van der Waals surface area contributed by atoms with Crippen LogP contribution in [0.15, 0.2) is 48.3 Å². The van der Waals surface area contributed by atoms with Gasteiger partial charge in [-0.3, -0.25) is 0 Å². The number of aliphatic hydroxyl groups is 1. The van der Waals surface area contributed by atoms with Crippen LogP contribution in [-0.2, 0) is 4.74 Å². The smallest absolute Gasteiger partial charge is 0.205 e. The van der Waals surface area contributed by atoms with E-state index in [0.717, 1.165) is 16.0 Å². The van der Waals surface area contributed by atoms with Crippen molar-refractivity contribution in [1.29, 1.82) is 5.26 Å². The molecule has 1 atom stereocenters. The van der Waals surface area contributed by atoms with Gasteiger partial charge in [0.15, 0.2) is 0 Å². The molecule has 1 aliphatic heterocycles. The third kappa shape index (κ3) is 1.42. The first-order valence-electron chi connectivity index (χ1n) is 5.29. The molecule has 1 heterocycles. The molecule has 3 nitrogen and oxygen atoms in total. The van der Waals surface area contributed by atoms with Crippen LogP contribution >= 0.6 is 0 Å². The number of fused-ring (bicyclic) bond motifs is 2. The van der Waals surface area contributed by atoms with Crippen molar-refractivity contribution < 1.29 is 9.84 Å². The van der Waals surface area contributed by atoms with E-state index in [9.17, 15) is 5.11 Å². The summed E-state index contributed by atoms with van der Waals surface area (Å²) in [6, 6.07) is 9.62. The van der Waals surface area contributed by atoms with Gasteiger partial charge in [0.2, 0.25) is 5.76 Å². The maximum atomic E-state index is 9.52. The van der Waals surface area contributed by atoms with Gasteiger partial charge >= 0.3 is 0 Å². The summed E-state index contributed by atoms with van der Waals surface area (Å²) in [6.07, 6.45) is 4.72. The average molecular weight is 223 g/mol. The Bertz CT molecular complexity index is 704. The first-order chi connectivity index (χ1) is 8.29. The van der Waals surface area contributed by atoms with E-state index in [1.54, 1.807) is 18.2 Å². The Kier molecular flexibility index (Phi) is 2.02. The molecule has 17 heavy (non-hydrogen) atoms. The Hall–Kier alpha value is -2.47. The Morgan fingerprint density at radius 3 is 2.76 bits per heavy atom. The molecule has 0 aromatic heterocycles. The van der Waals surface area contributed by atoms with E-state index in [1.165, 1.54) is 0 Å². The second-order valence-corrected chi connectivity index (χ2v) is 3.91. The third-order valence-electron chi connectivity index (χ3n) is 2.88. The monoisotopic (exact) mass is 223 g/mol. The number of hydrogen-bond acceptors (Lipinski definition) is 3. The molecule has 0 spiro atoms. The highest BCUT2D eigenvalue weighted by atomic mass is 16.5. The molecule has 1 aromatic rings. The number of ether oxygens (including phenoxy) is 1. The topological polar surface area (TPSA) is 53.2 Å². The number of hydrogen-bond donors (Lipinski definition) is 1. The molecule has 82 valence electrons. The van der Waals surface area contributed by atoms with E-state index in [0.29, 0.717) is 5.76 Å². The molecule has 0 saturated carbocycles. The highest BCUT2D eigenvalue weighted by Gasteiger charge is 2.22. The third-order valence-corrected chi connectivity index (χ3v) is 2.88. The molecular formula is C14H9NO2. The number of allylic oxidation sites excluding steroid dienone is 1. The first-order valence-corrected chi connectivity index (χ1v) is 5.29. The van der Waals surface area contributed by atoms with Gasteiger partial charge in [0.25, 0.3) is 0 Å². The van der Waals surface area contributed by atoms with E-state index in [1.807, 2.05) is 24.3 Å². The zero-order valence-corrected chi connectivity index (χ0v) is 8.92. The first kappa shape index (κ1) is 9.73. The van der Waals surface area contributed by atoms with Crippen LogP contribution in [0.4, 0.5) is 0 Å². The largest absolute Gasteiger partial charge is 0.508 e. The van der Waals surface area contributed by atoms with E-state index in [2.05, 4.69) is 6.07 Å². The lowest BCUT2D eigenvalue weighted by Crippen LogP contribution is -2.38. The summed E-state index contributed by atoms with van der Waals surface area (Å²) < 4.78 is 5.59. The molecule has 1 aliphatic carbocycles. The average Bonchev–Trinajstić information content (AvgIpc) is 2.38. The Balaban J connectivity index is 2.45. The van der Waals surface area contributed by atoms with Gasteiger partial charge in [-0.05, 0) is 29.5 Å². The van der Waals surface area contributed by atoms with E-state index < -0.39 is 0 Å². The van der Waals surface area contributed by atoms with Gasteiger partial charge in [-0.25, -0.2) is 0 Å². The molecule has 3 heteroatoms. The lowest BCUT2D eigenvalue weighted by Gasteiger charge is -2.23. The van der Waals surface area contributed by atoms with Crippen molar-refractivity contribution in [3.05, 3.63) is 58.7 Å². The summed E-state index contributed by atoms with van der Waals surface area (Å²) in [4.78, 5) is 0. The fourth-order valence-electron chi connectivity index (χ4n) is 2.12. The Labute approximate surface area is 97.9 Å². The van der Waals surface area contributed by atoms with Crippen molar-refractivity contribution in [1.82, 2.24) is 0 Å². The molecule has 1 unspecified atom stereocenters. The van der Waals surface area contributed by atoms with Crippen LogP contribution in [0.3, 0.4) is 0 Å². The minimum atomic E-state index is -0.282. The van der Waals surface area contributed by atoms with Gasteiger partial charge in [-0.15, -0.1) is 0 Å². The van der Waals surface area contributed by atoms with E-state index in [4.69, 9.17) is 10.00 Å². The predicted octanol–water partition coefficient (Wildman–Crippen LogP) is 0.880. The molecule has 0 saturated heterocycles. The Morgan fingerprint density at radius 2 is 2.00 bits per heavy atom. The van der Waals surface area contributed by atoms with Crippen molar-refractivity contribution in [3.8, 4) is 6.07 Å².